The van der Waals surface area contributed by atoms with Crippen LogP contribution in [0.4, 0.5) is 0 Å². The number of hydrogen-bond acceptors (Lipinski definition) is 5. The molecule has 0 unspecified atom stereocenters. The number of thioether (sulfide) groups is 1. The first-order chi connectivity index (χ1) is 10.8. The number of hydrogen-bond donors (Lipinski definition) is 0. The number of nitrogens with zero attached hydrogens (tertiary/aromatic N) is 4. The van der Waals surface area contributed by atoms with Gasteiger partial charge in [-0.25, -0.2) is 0 Å². The van der Waals surface area contributed by atoms with Crippen molar-refractivity contribution in [2.75, 3.05) is 12.4 Å². The maximum Gasteiger partial charge on any atom is 0.214 e. The van der Waals surface area contributed by atoms with E-state index in [4.69, 9.17) is 4.74 Å². The topological polar surface area (TPSA) is 52.8 Å². The molecule has 0 aliphatic carbocycles. The minimum Gasteiger partial charge on any atom is -0.493 e. The molecule has 1 aromatic heterocycles. The highest BCUT2D eigenvalue weighted by Gasteiger charge is 2.08. The van der Waals surface area contributed by atoms with Gasteiger partial charge in [-0.3, -0.25) is 0 Å². The number of para-hydroxylation sites is 1. The number of benzene rings is 2. The van der Waals surface area contributed by atoms with E-state index in [0.717, 1.165) is 26.8 Å². The summed E-state index contributed by atoms with van der Waals surface area (Å²) in [4.78, 5) is 0. The number of rotatable bonds is 6. The number of aromatic nitrogens is 4. The molecule has 0 fully saturated rings. The molecule has 0 aliphatic rings. The molecule has 0 atom stereocenters. The lowest BCUT2D eigenvalue weighted by Gasteiger charge is -2.06. The molecule has 3 rings (SSSR count). The SMILES string of the molecule is Brc1ccc(OCCSc2nnnn2-c2ccccc2)cc1. The highest BCUT2D eigenvalue weighted by molar-refractivity contribution is 9.10. The Bertz CT molecular complexity index is 718. The zero-order valence-electron chi connectivity index (χ0n) is 11.6. The molecule has 0 saturated carbocycles. The largest absolute Gasteiger partial charge is 0.493 e. The molecule has 0 radical (unpaired) electrons. The molecule has 0 saturated heterocycles. The van der Waals surface area contributed by atoms with Crippen LogP contribution in [0.1, 0.15) is 0 Å². The lowest BCUT2D eigenvalue weighted by molar-refractivity contribution is 0.344. The summed E-state index contributed by atoms with van der Waals surface area (Å²) in [6.07, 6.45) is 0. The van der Waals surface area contributed by atoms with Crippen molar-refractivity contribution in [3.05, 3.63) is 59.1 Å². The Hall–Kier alpha value is -1.86. The van der Waals surface area contributed by atoms with Crippen LogP contribution in [0.2, 0.25) is 0 Å². The summed E-state index contributed by atoms with van der Waals surface area (Å²) in [5.41, 5.74) is 0.948. The molecule has 2 aromatic carbocycles. The second-order valence-corrected chi connectivity index (χ2v) is 6.34. The van der Waals surface area contributed by atoms with Crippen molar-refractivity contribution in [3.63, 3.8) is 0 Å². The fourth-order valence-corrected chi connectivity index (χ4v) is 2.80. The van der Waals surface area contributed by atoms with E-state index in [1.807, 2.05) is 54.6 Å². The van der Waals surface area contributed by atoms with E-state index in [9.17, 15) is 0 Å². The number of tetrazole rings is 1. The van der Waals surface area contributed by atoms with Crippen LogP contribution in [-0.4, -0.2) is 32.6 Å². The normalized spacial score (nSPS) is 10.6. The van der Waals surface area contributed by atoms with Gasteiger partial charge in [-0.15, -0.1) is 5.10 Å². The van der Waals surface area contributed by atoms with Gasteiger partial charge < -0.3 is 4.74 Å². The Kier molecular flexibility index (Phi) is 5.07. The van der Waals surface area contributed by atoms with Crippen LogP contribution in [0.15, 0.2) is 64.2 Å². The van der Waals surface area contributed by atoms with Crippen LogP contribution >= 0.6 is 27.7 Å². The van der Waals surface area contributed by atoms with Crippen molar-refractivity contribution >= 4 is 27.7 Å². The third-order valence-electron chi connectivity index (χ3n) is 2.84. The Morgan fingerprint density at radius 2 is 1.82 bits per heavy atom. The van der Waals surface area contributed by atoms with Gasteiger partial charge in [-0.1, -0.05) is 45.9 Å². The van der Waals surface area contributed by atoms with E-state index in [1.54, 1.807) is 16.4 Å². The fraction of sp³-hybridized carbons (Fsp3) is 0.133. The second kappa shape index (κ2) is 7.42. The molecule has 0 spiro atoms. The molecular weight excluding hydrogens is 364 g/mol. The van der Waals surface area contributed by atoms with E-state index in [2.05, 4.69) is 31.5 Å². The minimum absolute atomic E-state index is 0.591. The van der Waals surface area contributed by atoms with Crippen LogP contribution < -0.4 is 4.74 Å². The summed E-state index contributed by atoms with van der Waals surface area (Å²) in [7, 11) is 0. The number of ether oxygens (including phenoxy) is 1. The van der Waals surface area contributed by atoms with Crippen LogP contribution in [0.3, 0.4) is 0 Å². The van der Waals surface area contributed by atoms with Crippen LogP contribution in [0.5, 0.6) is 5.75 Å². The monoisotopic (exact) mass is 376 g/mol. The van der Waals surface area contributed by atoms with Crippen molar-refractivity contribution in [1.29, 1.82) is 0 Å². The van der Waals surface area contributed by atoms with Gasteiger partial charge in [0, 0.05) is 10.2 Å². The maximum absolute atomic E-state index is 5.69. The molecule has 0 N–H and O–H groups in total. The van der Waals surface area contributed by atoms with Crippen molar-refractivity contribution in [3.8, 4) is 11.4 Å². The third-order valence-corrected chi connectivity index (χ3v) is 4.25. The van der Waals surface area contributed by atoms with Crippen molar-refractivity contribution in [2.24, 2.45) is 0 Å². The average Bonchev–Trinajstić information content (AvgIpc) is 3.02. The van der Waals surface area contributed by atoms with Crippen LogP contribution in [0.25, 0.3) is 5.69 Å². The molecule has 5 nitrogen and oxygen atoms in total. The fourth-order valence-electron chi connectivity index (χ4n) is 1.82. The van der Waals surface area contributed by atoms with Crippen LogP contribution in [0, 0.1) is 0 Å². The van der Waals surface area contributed by atoms with Crippen molar-refractivity contribution < 1.29 is 4.74 Å². The lowest BCUT2D eigenvalue weighted by atomic mass is 10.3. The molecule has 0 aliphatic heterocycles. The number of halogens is 1. The Morgan fingerprint density at radius 3 is 2.59 bits per heavy atom. The predicted octanol–water partition coefficient (Wildman–Crippen LogP) is 3.60. The summed E-state index contributed by atoms with van der Waals surface area (Å²) in [6, 6.07) is 17.6. The maximum atomic E-state index is 5.69. The van der Waals surface area contributed by atoms with Gasteiger partial charge in [0.05, 0.1) is 12.3 Å². The lowest BCUT2D eigenvalue weighted by Crippen LogP contribution is -2.03. The quantitative estimate of drug-likeness (QED) is 0.485. The predicted molar refractivity (Wildman–Crippen MR) is 89.5 cm³/mol. The summed E-state index contributed by atoms with van der Waals surface area (Å²) in [6.45, 7) is 0.591. The highest BCUT2D eigenvalue weighted by atomic mass is 79.9. The zero-order valence-corrected chi connectivity index (χ0v) is 14.0. The Morgan fingerprint density at radius 1 is 1.05 bits per heavy atom. The van der Waals surface area contributed by atoms with Crippen molar-refractivity contribution in [2.45, 2.75) is 5.16 Å². The van der Waals surface area contributed by atoms with E-state index in [0.29, 0.717) is 6.61 Å². The highest BCUT2D eigenvalue weighted by Crippen LogP contribution is 2.19. The van der Waals surface area contributed by atoms with Gasteiger partial charge in [-0.05, 0) is 46.8 Å². The van der Waals surface area contributed by atoms with Gasteiger partial charge in [0.2, 0.25) is 5.16 Å². The van der Waals surface area contributed by atoms with Gasteiger partial charge in [0.1, 0.15) is 5.75 Å². The van der Waals surface area contributed by atoms with Gasteiger partial charge in [0.15, 0.2) is 0 Å². The van der Waals surface area contributed by atoms with Gasteiger partial charge in [-0.2, -0.15) is 4.68 Å². The third kappa shape index (κ3) is 3.86. The first kappa shape index (κ1) is 15.1. The average molecular weight is 377 g/mol. The first-order valence-corrected chi connectivity index (χ1v) is 8.46. The van der Waals surface area contributed by atoms with E-state index >= 15 is 0 Å². The Labute approximate surface area is 140 Å². The molecule has 3 aromatic rings. The second-order valence-electron chi connectivity index (χ2n) is 4.36. The molecular formula is C15H13BrN4OS. The van der Waals surface area contributed by atoms with E-state index in [1.165, 1.54) is 0 Å². The minimum atomic E-state index is 0.591. The molecule has 22 heavy (non-hydrogen) atoms. The Balaban J connectivity index is 1.54. The van der Waals surface area contributed by atoms with Crippen LogP contribution in [-0.2, 0) is 0 Å². The zero-order chi connectivity index (χ0) is 15.2. The molecule has 7 heteroatoms. The molecule has 0 bridgehead atoms. The first-order valence-electron chi connectivity index (χ1n) is 6.68. The summed E-state index contributed by atoms with van der Waals surface area (Å²) in [5.74, 6) is 1.62. The smallest absolute Gasteiger partial charge is 0.214 e. The molecule has 112 valence electrons. The summed E-state index contributed by atoms with van der Waals surface area (Å²) >= 11 is 4.96. The summed E-state index contributed by atoms with van der Waals surface area (Å²) in [5, 5.41) is 12.6. The summed E-state index contributed by atoms with van der Waals surface area (Å²) < 4.78 is 8.45. The van der Waals surface area contributed by atoms with E-state index in [-0.39, 0.29) is 0 Å². The molecule has 1 heterocycles. The van der Waals surface area contributed by atoms with Gasteiger partial charge in [0.25, 0.3) is 0 Å². The standard InChI is InChI=1S/C15H13BrN4OS/c16-12-6-8-14(9-7-12)21-10-11-22-15-17-18-19-20(15)13-4-2-1-3-5-13/h1-9H,10-11H2. The van der Waals surface area contributed by atoms with E-state index < -0.39 is 0 Å². The van der Waals surface area contributed by atoms with Crippen molar-refractivity contribution in [1.82, 2.24) is 20.2 Å². The molecule has 0 amide bonds. The van der Waals surface area contributed by atoms with Gasteiger partial charge >= 0.3 is 0 Å².